The maximum absolute atomic E-state index is 11.7. The van der Waals surface area contributed by atoms with Crippen molar-refractivity contribution < 1.29 is 13.2 Å². The molecule has 19 heavy (non-hydrogen) atoms. The Hall–Kier alpha value is -1.40. The van der Waals surface area contributed by atoms with Crippen molar-refractivity contribution in [2.24, 2.45) is 5.73 Å². The minimum Gasteiger partial charge on any atom is -0.328 e. The molecule has 0 aliphatic heterocycles. The molecule has 0 bridgehead atoms. The summed E-state index contributed by atoms with van der Waals surface area (Å²) in [6.45, 7) is 1.89. The number of nitrogens with one attached hydrogen (secondary N) is 1. The molecule has 1 amide bonds. The molecular weight excluding hydrogens is 264 g/mol. The number of para-hydroxylation sites is 1. The Kier molecular flexibility index (Phi) is 5.50. The number of sulfone groups is 1. The number of nitrogens with two attached hydrogens (primary N) is 1. The van der Waals surface area contributed by atoms with E-state index in [1.165, 1.54) is 6.07 Å². The fraction of sp³-hybridized carbons (Fsp3) is 0.462. The van der Waals surface area contributed by atoms with E-state index in [9.17, 15) is 13.2 Å². The van der Waals surface area contributed by atoms with E-state index >= 15 is 0 Å². The number of carbonyl (C=O) groups is 1. The van der Waals surface area contributed by atoms with Gasteiger partial charge < -0.3 is 11.1 Å². The zero-order chi connectivity index (χ0) is 14.5. The molecule has 0 spiro atoms. The van der Waals surface area contributed by atoms with Gasteiger partial charge in [-0.15, -0.1) is 0 Å². The van der Waals surface area contributed by atoms with Crippen LogP contribution in [0.3, 0.4) is 0 Å². The number of benzene rings is 1. The Bertz CT molecular complexity index is 539. The van der Waals surface area contributed by atoms with Crippen LogP contribution in [0.1, 0.15) is 26.2 Å². The summed E-state index contributed by atoms with van der Waals surface area (Å²) in [6, 6.07) is 6.44. The van der Waals surface area contributed by atoms with Crippen LogP contribution >= 0.6 is 0 Å². The summed E-state index contributed by atoms with van der Waals surface area (Å²) in [5.74, 6) is -0.197. The standard InChI is InChI=1S/C13H20N2O3S/c1-10(14)6-5-9-13(16)15-11-7-3-4-8-12(11)19(2,17)18/h3-4,7-8,10H,5-6,9,14H2,1-2H3,(H,15,16). The summed E-state index contributed by atoms with van der Waals surface area (Å²) in [4.78, 5) is 11.9. The third-order valence-electron chi connectivity index (χ3n) is 2.62. The van der Waals surface area contributed by atoms with Gasteiger partial charge in [0.15, 0.2) is 9.84 Å². The van der Waals surface area contributed by atoms with Gasteiger partial charge in [0.25, 0.3) is 0 Å². The van der Waals surface area contributed by atoms with E-state index in [4.69, 9.17) is 5.73 Å². The van der Waals surface area contributed by atoms with E-state index < -0.39 is 9.84 Å². The van der Waals surface area contributed by atoms with Gasteiger partial charge in [0.05, 0.1) is 10.6 Å². The number of anilines is 1. The fourth-order valence-corrected chi connectivity index (χ4v) is 2.53. The van der Waals surface area contributed by atoms with E-state index in [-0.39, 0.29) is 16.8 Å². The van der Waals surface area contributed by atoms with Crippen LogP contribution in [0.15, 0.2) is 29.2 Å². The van der Waals surface area contributed by atoms with Crippen LogP contribution in [-0.2, 0) is 14.6 Å². The fourth-order valence-electron chi connectivity index (χ4n) is 1.69. The summed E-state index contributed by atoms with van der Waals surface area (Å²) in [5, 5.41) is 2.63. The molecule has 6 heteroatoms. The van der Waals surface area contributed by atoms with Gasteiger partial charge in [-0.2, -0.15) is 0 Å². The Morgan fingerprint density at radius 1 is 1.37 bits per heavy atom. The first-order valence-corrected chi connectivity index (χ1v) is 8.04. The Morgan fingerprint density at radius 3 is 2.58 bits per heavy atom. The molecule has 1 rings (SSSR count). The Morgan fingerprint density at radius 2 is 2.00 bits per heavy atom. The Balaban J connectivity index is 2.70. The van der Waals surface area contributed by atoms with Gasteiger partial charge >= 0.3 is 0 Å². The molecular formula is C13H20N2O3S. The average molecular weight is 284 g/mol. The van der Waals surface area contributed by atoms with Crippen LogP contribution in [-0.4, -0.2) is 26.6 Å². The molecule has 0 fully saturated rings. The SMILES string of the molecule is CC(N)CCCC(=O)Nc1ccccc1S(C)(=O)=O. The van der Waals surface area contributed by atoms with Crippen LogP contribution < -0.4 is 11.1 Å². The molecule has 106 valence electrons. The van der Waals surface area contributed by atoms with Crippen LogP contribution in [0.4, 0.5) is 5.69 Å². The topological polar surface area (TPSA) is 89.3 Å². The third kappa shape index (κ3) is 5.40. The normalized spacial score (nSPS) is 13.0. The van der Waals surface area contributed by atoms with Crippen LogP contribution in [0.5, 0.6) is 0 Å². The number of amides is 1. The van der Waals surface area contributed by atoms with Gasteiger partial charge in [-0.1, -0.05) is 12.1 Å². The van der Waals surface area contributed by atoms with Crippen molar-refractivity contribution in [3.63, 3.8) is 0 Å². The van der Waals surface area contributed by atoms with Gasteiger partial charge in [0, 0.05) is 18.7 Å². The first-order valence-electron chi connectivity index (χ1n) is 6.15. The monoisotopic (exact) mass is 284 g/mol. The molecule has 0 aliphatic carbocycles. The summed E-state index contributed by atoms with van der Waals surface area (Å²) in [5.41, 5.74) is 5.93. The van der Waals surface area contributed by atoms with Gasteiger partial charge in [0.2, 0.25) is 5.91 Å². The molecule has 5 nitrogen and oxygen atoms in total. The summed E-state index contributed by atoms with van der Waals surface area (Å²) >= 11 is 0. The minimum absolute atomic E-state index is 0.0658. The second kappa shape index (κ2) is 6.68. The highest BCUT2D eigenvalue weighted by molar-refractivity contribution is 7.90. The summed E-state index contributed by atoms with van der Waals surface area (Å²) in [6.07, 6.45) is 2.90. The van der Waals surface area contributed by atoms with Crippen molar-refractivity contribution in [3.8, 4) is 0 Å². The predicted molar refractivity (Wildman–Crippen MR) is 75.7 cm³/mol. The van der Waals surface area contributed by atoms with Crippen LogP contribution in [0.25, 0.3) is 0 Å². The van der Waals surface area contributed by atoms with Crippen molar-refractivity contribution in [3.05, 3.63) is 24.3 Å². The van der Waals surface area contributed by atoms with Crippen molar-refractivity contribution in [2.45, 2.75) is 37.1 Å². The second-order valence-electron chi connectivity index (χ2n) is 4.69. The molecule has 0 heterocycles. The predicted octanol–water partition coefficient (Wildman–Crippen LogP) is 1.55. The smallest absolute Gasteiger partial charge is 0.224 e. The maximum Gasteiger partial charge on any atom is 0.224 e. The number of hydrogen-bond donors (Lipinski definition) is 2. The quantitative estimate of drug-likeness (QED) is 0.829. The van der Waals surface area contributed by atoms with Gasteiger partial charge in [-0.25, -0.2) is 8.42 Å². The minimum atomic E-state index is -3.35. The number of rotatable bonds is 6. The van der Waals surface area contributed by atoms with Crippen molar-refractivity contribution in [1.29, 1.82) is 0 Å². The zero-order valence-electron chi connectivity index (χ0n) is 11.2. The molecule has 1 unspecified atom stereocenters. The Labute approximate surface area is 114 Å². The molecule has 0 radical (unpaired) electrons. The van der Waals surface area contributed by atoms with E-state index in [1.54, 1.807) is 18.2 Å². The molecule has 1 aromatic rings. The highest BCUT2D eigenvalue weighted by Gasteiger charge is 2.14. The van der Waals surface area contributed by atoms with E-state index in [1.807, 2.05) is 6.92 Å². The number of carbonyl (C=O) groups excluding carboxylic acids is 1. The summed E-state index contributed by atoms with van der Waals surface area (Å²) < 4.78 is 23.1. The molecule has 0 aliphatic rings. The lowest BCUT2D eigenvalue weighted by Crippen LogP contribution is -2.17. The lowest BCUT2D eigenvalue weighted by atomic mass is 10.1. The molecule has 1 aromatic carbocycles. The van der Waals surface area contributed by atoms with E-state index in [0.717, 1.165) is 12.7 Å². The van der Waals surface area contributed by atoms with Gasteiger partial charge in [0.1, 0.15) is 0 Å². The average Bonchev–Trinajstić information content (AvgIpc) is 2.27. The highest BCUT2D eigenvalue weighted by atomic mass is 32.2. The van der Waals surface area contributed by atoms with E-state index in [2.05, 4.69) is 5.32 Å². The largest absolute Gasteiger partial charge is 0.328 e. The first-order chi connectivity index (χ1) is 8.80. The van der Waals surface area contributed by atoms with Crippen molar-refractivity contribution in [2.75, 3.05) is 11.6 Å². The van der Waals surface area contributed by atoms with E-state index in [0.29, 0.717) is 18.5 Å². The van der Waals surface area contributed by atoms with Crippen LogP contribution in [0.2, 0.25) is 0 Å². The molecule has 0 saturated heterocycles. The summed E-state index contributed by atoms with van der Waals surface area (Å²) in [7, 11) is -3.35. The van der Waals surface area contributed by atoms with Gasteiger partial charge in [-0.3, -0.25) is 4.79 Å². The zero-order valence-corrected chi connectivity index (χ0v) is 12.0. The highest BCUT2D eigenvalue weighted by Crippen LogP contribution is 2.20. The van der Waals surface area contributed by atoms with Gasteiger partial charge in [-0.05, 0) is 31.9 Å². The third-order valence-corrected chi connectivity index (χ3v) is 3.78. The number of hydrogen-bond acceptors (Lipinski definition) is 4. The lowest BCUT2D eigenvalue weighted by molar-refractivity contribution is -0.116. The lowest BCUT2D eigenvalue weighted by Gasteiger charge is -2.10. The second-order valence-corrected chi connectivity index (χ2v) is 6.67. The van der Waals surface area contributed by atoms with Crippen LogP contribution in [0, 0.1) is 0 Å². The van der Waals surface area contributed by atoms with Crippen molar-refractivity contribution in [1.82, 2.24) is 0 Å². The molecule has 1 atom stereocenters. The molecule has 0 aromatic heterocycles. The molecule has 3 N–H and O–H groups in total. The van der Waals surface area contributed by atoms with Crippen molar-refractivity contribution >= 4 is 21.4 Å². The molecule has 0 saturated carbocycles. The maximum atomic E-state index is 11.7. The first kappa shape index (κ1) is 15.7.